The first-order valence-corrected chi connectivity index (χ1v) is 15.4. The van der Waals surface area contributed by atoms with Gasteiger partial charge in [0.2, 0.25) is 0 Å². The lowest BCUT2D eigenvalue weighted by atomic mass is 9.44. The van der Waals surface area contributed by atoms with Crippen LogP contribution in [0.1, 0.15) is 125 Å². The molecule has 3 heteroatoms. The van der Waals surface area contributed by atoms with Gasteiger partial charge in [0, 0.05) is 5.41 Å². The predicted octanol–water partition coefficient (Wildman–Crippen LogP) is 9.04. The van der Waals surface area contributed by atoms with Crippen molar-refractivity contribution < 1.29 is 9.53 Å². The molecule has 0 bridgehead atoms. The molecule has 0 spiro atoms. The van der Waals surface area contributed by atoms with Crippen LogP contribution in [0.25, 0.3) is 0 Å². The van der Waals surface area contributed by atoms with Crippen LogP contribution in [-0.4, -0.2) is 17.5 Å². The summed E-state index contributed by atoms with van der Waals surface area (Å²) in [6.07, 6.45) is 16.8. The molecule has 10 atom stereocenters. The molecule has 4 fully saturated rings. The zero-order chi connectivity index (χ0) is 24.7. The summed E-state index contributed by atoms with van der Waals surface area (Å²) >= 11 is 6.31. The van der Waals surface area contributed by atoms with Gasteiger partial charge in [-0.15, -0.1) is 11.6 Å². The van der Waals surface area contributed by atoms with Crippen LogP contribution in [0.4, 0.5) is 0 Å². The topological polar surface area (TPSA) is 26.3 Å². The summed E-state index contributed by atoms with van der Waals surface area (Å²) in [5, 5.41) is -0.495. The fraction of sp³-hybridized carbons (Fsp3) is 0.968. The van der Waals surface area contributed by atoms with Crippen LogP contribution in [0.15, 0.2) is 0 Å². The van der Waals surface area contributed by atoms with Crippen molar-refractivity contribution in [3.8, 4) is 0 Å². The Morgan fingerprint density at radius 2 is 1.74 bits per heavy atom. The number of hydrogen-bond donors (Lipinski definition) is 0. The molecule has 0 aromatic rings. The highest BCUT2D eigenvalue weighted by Crippen LogP contribution is 2.68. The van der Waals surface area contributed by atoms with E-state index in [9.17, 15) is 4.79 Å². The van der Waals surface area contributed by atoms with E-state index in [4.69, 9.17) is 16.3 Å². The third-order valence-electron chi connectivity index (χ3n) is 11.8. The van der Waals surface area contributed by atoms with E-state index in [1.54, 1.807) is 0 Å². The van der Waals surface area contributed by atoms with Crippen LogP contribution in [0, 0.1) is 52.3 Å². The number of esters is 1. The molecular weight excluding hydrogens is 440 g/mol. The summed E-state index contributed by atoms with van der Waals surface area (Å²) in [5.41, 5.74) is 0.662. The lowest BCUT2D eigenvalue weighted by Crippen LogP contribution is -2.58. The first-order valence-electron chi connectivity index (χ1n) is 15.0. The molecule has 34 heavy (non-hydrogen) atoms. The molecule has 196 valence electrons. The normalized spacial score (nSPS) is 43.5. The summed E-state index contributed by atoms with van der Waals surface area (Å²) in [7, 11) is 0. The van der Waals surface area contributed by atoms with Crippen LogP contribution in [0.3, 0.4) is 0 Å². The highest BCUT2D eigenvalue weighted by atomic mass is 35.5. The average Bonchev–Trinajstić information content (AvgIpc) is 3.16. The van der Waals surface area contributed by atoms with E-state index >= 15 is 0 Å². The van der Waals surface area contributed by atoms with E-state index in [0.717, 1.165) is 36.0 Å². The Labute approximate surface area is 215 Å². The zero-order valence-corrected chi connectivity index (χ0v) is 23.8. The van der Waals surface area contributed by atoms with Crippen LogP contribution in [0.2, 0.25) is 0 Å². The van der Waals surface area contributed by atoms with Crippen molar-refractivity contribution in [3.63, 3.8) is 0 Å². The number of carbonyl (C=O) groups is 1. The Hall–Kier alpha value is -0.240. The van der Waals surface area contributed by atoms with Gasteiger partial charge >= 0.3 is 5.97 Å². The smallest absolute Gasteiger partial charge is 0.324 e. The van der Waals surface area contributed by atoms with Gasteiger partial charge in [0.1, 0.15) is 11.5 Å². The summed E-state index contributed by atoms with van der Waals surface area (Å²) in [5.74, 6) is 5.54. The molecule has 0 aromatic carbocycles. The molecule has 0 aromatic heterocycles. The Bertz CT molecular complexity index is 706. The zero-order valence-electron chi connectivity index (χ0n) is 23.1. The molecule has 2 unspecified atom stereocenters. The second-order valence-electron chi connectivity index (χ2n) is 13.8. The van der Waals surface area contributed by atoms with Gasteiger partial charge in [0.05, 0.1) is 0 Å². The van der Waals surface area contributed by atoms with E-state index in [-0.39, 0.29) is 17.5 Å². The summed E-state index contributed by atoms with van der Waals surface area (Å²) < 4.78 is 6.25. The second-order valence-corrected chi connectivity index (χ2v) is 14.3. The molecule has 0 amide bonds. The maximum Gasteiger partial charge on any atom is 0.324 e. The molecule has 0 saturated heterocycles. The van der Waals surface area contributed by atoms with Crippen molar-refractivity contribution in [2.75, 3.05) is 0 Å². The highest BCUT2D eigenvalue weighted by Gasteiger charge is 2.62. The SMILES string of the molecule is CCC(Cl)C(=O)OC1CCC[C@@H]2CC[C@@H]3[C@@H]4CC[C@@H]([C@@H](C)CCCC(C)C)[C@@]4(C)CC[C@@H]3[C@@]12C. The van der Waals surface area contributed by atoms with E-state index in [1.165, 1.54) is 70.6 Å². The molecule has 4 rings (SSSR count). The van der Waals surface area contributed by atoms with Gasteiger partial charge in [-0.25, -0.2) is 0 Å². The van der Waals surface area contributed by atoms with Gasteiger partial charge in [-0.3, -0.25) is 4.79 Å². The third kappa shape index (κ3) is 4.72. The largest absolute Gasteiger partial charge is 0.461 e. The van der Waals surface area contributed by atoms with E-state index < -0.39 is 5.38 Å². The Balaban J connectivity index is 1.50. The van der Waals surface area contributed by atoms with Crippen molar-refractivity contribution in [1.82, 2.24) is 0 Å². The number of carbonyl (C=O) groups excluding carboxylic acids is 1. The molecule has 4 aliphatic rings. The van der Waals surface area contributed by atoms with Crippen LogP contribution >= 0.6 is 11.6 Å². The first-order chi connectivity index (χ1) is 16.1. The molecule has 2 nitrogen and oxygen atoms in total. The molecule has 0 radical (unpaired) electrons. The number of ether oxygens (including phenoxy) is 1. The molecule has 0 N–H and O–H groups in total. The first kappa shape index (κ1) is 26.8. The predicted molar refractivity (Wildman–Crippen MR) is 143 cm³/mol. The lowest BCUT2D eigenvalue weighted by Gasteiger charge is -2.62. The molecule has 4 saturated carbocycles. The number of alkyl halides is 1. The number of halogens is 1. The quantitative estimate of drug-likeness (QED) is 0.249. The third-order valence-corrected chi connectivity index (χ3v) is 12.2. The van der Waals surface area contributed by atoms with Crippen molar-refractivity contribution >= 4 is 17.6 Å². The Morgan fingerprint density at radius 1 is 0.971 bits per heavy atom. The number of hydrogen-bond acceptors (Lipinski definition) is 2. The standard InChI is InChI=1S/C31H53ClO2/c1-7-27(32)29(33)34-28-13-9-12-22-14-15-23-25-17-16-24(21(4)11-8-10-20(2)3)30(25,5)19-18-26(23)31(22,28)6/h20-28H,7-19H2,1-6H3/t21-,22+,23+,24-,25-,26-,27?,28?,30+,31-/m0/s1. The van der Waals surface area contributed by atoms with Gasteiger partial charge < -0.3 is 4.74 Å². The number of rotatable bonds is 8. The van der Waals surface area contributed by atoms with Crippen LogP contribution in [0.5, 0.6) is 0 Å². The van der Waals surface area contributed by atoms with Gasteiger partial charge in [-0.1, -0.05) is 60.8 Å². The molecule has 4 aliphatic carbocycles. The van der Waals surface area contributed by atoms with E-state index in [0.29, 0.717) is 23.7 Å². The van der Waals surface area contributed by atoms with Gasteiger partial charge in [-0.05, 0) is 111 Å². The van der Waals surface area contributed by atoms with Crippen molar-refractivity contribution in [2.45, 2.75) is 136 Å². The summed E-state index contributed by atoms with van der Waals surface area (Å²) in [6, 6.07) is 0. The fourth-order valence-corrected chi connectivity index (χ4v) is 9.93. The Kier molecular flexibility index (Phi) is 8.38. The maximum atomic E-state index is 12.7. The summed E-state index contributed by atoms with van der Waals surface area (Å²) in [4.78, 5) is 12.7. The molecule has 0 heterocycles. The van der Waals surface area contributed by atoms with Crippen LogP contribution in [-0.2, 0) is 9.53 Å². The lowest BCUT2D eigenvalue weighted by molar-refractivity contribution is -0.191. The van der Waals surface area contributed by atoms with E-state index in [1.807, 2.05) is 6.92 Å². The maximum absolute atomic E-state index is 12.7. The highest BCUT2D eigenvalue weighted by molar-refractivity contribution is 6.29. The van der Waals surface area contributed by atoms with Crippen LogP contribution < -0.4 is 0 Å². The molecular formula is C31H53ClO2. The average molecular weight is 493 g/mol. The van der Waals surface area contributed by atoms with Gasteiger partial charge in [0.25, 0.3) is 0 Å². The van der Waals surface area contributed by atoms with Crippen molar-refractivity contribution in [1.29, 1.82) is 0 Å². The second kappa shape index (κ2) is 10.6. The van der Waals surface area contributed by atoms with Crippen molar-refractivity contribution in [3.05, 3.63) is 0 Å². The summed E-state index contributed by atoms with van der Waals surface area (Å²) in [6.45, 7) is 14.5. The number of fused-ring (bicyclic) bond motifs is 5. The minimum atomic E-state index is -0.495. The minimum Gasteiger partial charge on any atom is -0.461 e. The fourth-order valence-electron chi connectivity index (χ4n) is 9.88. The van der Waals surface area contributed by atoms with Gasteiger partial charge in [0.15, 0.2) is 0 Å². The van der Waals surface area contributed by atoms with E-state index in [2.05, 4.69) is 34.6 Å². The monoisotopic (exact) mass is 492 g/mol. The minimum absolute atomic E-state index is 0.0656. The molecule has 0 aliphatic heterocycles. The van der Waals surface area contributed by atoms with Gasteiger partial charge in [-0.2, -0.15) is 0 Å². The Morgan fingerprint density at radius 3 is 2.44 bits per heavy atom. The van der Waals surface area contributed by atoms with Crippen molar-refractivity contribution in [2.24, 2.45) is 52.3 Å².